The van der Waals surface area contributed by atoms with E-state index in [1.165, 1.54) is 5.56 Å². The van der Waals surface area contributed by atoms with Crippen LogP contribution in [0.3, 0.4) is 0 Å². The summed E-state index contributed by atoms with van der Waals surface area (Å²) in [6.07, 6.45) is 2.38. The number of aliphatic hydroxyl groups excluding tert-OH is 2. The third-order valence-electron chi connectivity index (χ3n) is 5.76. The predicted octanol–water partition coefficient (Wildman–Crippen LogP) is 5.20. The first-order valence-electron chi connectivity index (χ1n) is 9.06. The Morgan fingerprint density at radius 1 is 0.885 bits per heavy atom. The van der Waals surface area contributed by atoms with E-state index in [0.29, 0.717) is 22.6 Å². The molecule has 3 nitrogen and oxygen atoms in total. The van der Waals surface area contributed by atoms with Gasteiger partial charge in [-0.05, 0) is 60.8 Å². The van der Waals surface area contributed by atoms with E-state index in [2.05, 4.69) is 12.1 Å². The molecule has 0 amide bonds. The van der Waals surface area contributed by atoms with Crippen LogP contribution in [-0.2, 0) is 4.79 Å². The molecule has 134 valence electrons. The van der Waals surface area contributed by atoms with E-state index < -0.39 is 6.10 Å². The van der Waals surface area contributed by atoms with E-state index in [-0.39, 0.29) is 17.5 Å². The highest BCUT2D eigenvalue weighted by Gasteiger charge is 2.38. The fraction of sp³-hybridized carbons (Fsp3) is 0.318. The molecule has 0 aromatic heterocycles. The quantitative estimate of drug-likeness (QED) is 0.766. The molecule has 0 spiro atoms. The van der Waals surface area contributed by atoms with Crippen molar-refractivity contribution in [3.05, 3.63) is 75.8 Å². The Bertz CT molecular complexity index is 861. The molecule has 26 heavy (non-hydrogen) atoms. The second kappa shape index (κ2) is 6.90. The minimum Gasteiger partial charge on any atom is -0.507 e. The molecule has 1 fully saturated rings. The highest BCUT2D eigenvalue weighted by molar-refractivity contribution is 6.30. The van der Waals surface area contributed by atoms with Crippen LogP contribution in [0, 0.1) is 5.92 Å². The van der Waals surface area contributed by atoms with Gasteiger partial charge in [-0.1, -0.05) is 48.0 Å². The van der Waals surface area contributed by atoms with Crippen molar-refractivity contribution in [1.82, 2.24) is 0 Å². The summed E-state index contributed by atoms with van der Waals surface area (Å²) < 4.78 is 0. The van der Waals surface area contributed by atoms with E-state index in [4.69, 9.17) is 11.6 Å². The minimum atomic E-state index is -1.17. The van der Waals surface area contributed by atoms with Gasteiger partial charge in [0.15, 0.2) is 5.78 Å². The van der Waals surface area contributed by atoms with Crippen molar-refractivity contribution in [2.75, 3.05) is 0 Å². The maximum atomic E-state index is 12.7. The normalized spacial score (nSPS) is 25.9. The molecule has 0 heterocycles. The van der Waals surface area contributed by atoms with E-state index in [9.17, 15) is 15.0 Å². The summed E-state index contributed by atoms with van der Waals surface area (Å²) in [4.78, 5) is 12.7. The highest BCUT2D eigenvalue weighted by atomic mass is 35.5. The van der Waals surface area contributed by atoms with E-state index in [1.54, 1.807) is 18.2 Å². The molecule has 2 aromatic carbocycles. The van der Waals surface area contributed by atoms with Crippen LogP contribution in [0.4, 0.5) is 0 Å². The first kappa shape index (κ1) is 17.3. The highest BCUT2D eigenvalue weighted by Crippen LogP contribution is 2.44. The summed E-state index contributed by atoms with van der Waals surface area (Å²) in [5.74, 6) is 0.137. The summed E-state index contributed by atoms with van der Waals surface area (Å²) in [6, 6.07) is 15.0. The molecule has 1 atom stereocenters. The van der Waals surface area contributed by atoms with Crippen molar-refractivity contribution in [3.63, 3.8) is 0 Å². The molecule has 2 aromatic rings. The number of halogens is 1. The molecule has 0 bridgehead atoms. The number of carbonyl (C=O) groups is 1. The topological polar surface area (TPSA) is 57.5 Å². The Balaban J connectivity index is 1.57. The van der Waals surface area contributed by atoms with Gasteiger partial charge in [-0.25, -0.2) is 0 Å². The van der Waals surface area contributed by atoms with Gasteiger partial charge in [-0.2, -0.15) is 0 Å². The van der Waals surface area contributed by atoms with Gasteiger partial charge in [-0.3, -0.25) is 4.79 Å². The zero-order valence-corrected chi connectivity index (χ0v) is 15.1. The molecular formula is C22H21ClO3. The average molecular weight is 369 g/mol. The number of aliphatic hydroxyl groups is 2. The Morgan fingerprint density at radius 2 is 1.50 bits per heavy atom. The van der Waals surface area contributed by atoms with Gasteiger partial charge in [0, 0.05) is 16.2 Å². The lowest BCUT2D eigenvalue weighted by atomic mass is 9.72. The van der Waals surface area contributed by atoms with Crippen LogP contribution in [-0.4, -0.2) is 16.0 Å². The van der Waals surface area contributed by atoms with Gasteiger partial charge in [0.25, 0.3) is 0 Å². The second-order valence-electron chi connectivity index (χ2n) is 7.22. The smallest absolute Gasteiger partial charge is 0.195 e. The summed E-state index contributed by atoms with van der Waals surface area (Å²) >= 11 is 5.97. The first-order chi connectivity index (χ1) is 12.6. The van der Waals surface area contributed by atoms with Crippen molar-refractivity contribution in [1.29, 1.82) is 0 Å². The SMILES string of the molecule is O=C1C(C2CCC(c3ccc(Cl)cc3)CC2)=C(O)c2ccccc2C1O. The standard InChI is InChI=1S/C22H21ClO3/c23-16-11-9-14(10-12-16)13-5-7-15(8-6-13)19-20(24)17-3-1-2-4-18(17)21(25)22(19)26/h1-4,9-13,15,21,24-25H,5-8H2. The maximum absolute atomic E-state index is 12.7. The maximum Gasteiger partial charge on any atom is 0.195 e. The summed E-state index contributed by atoms with van der Waals surface area (Å²) in [5, 5.41) is 21.8. The molecule has 0 saturated heterocycles. The Kier molecular flexibility index (Phi) is 4.60. The van der Waals surface area contributed by atoms with E-state index >= 15 is 0 Å². The van der Waals surface area contributed by atoms with Crippen LogP contribution in [0.2, 0.25) is 5.02 Å². The molecular weight excluding hydrogens is 348 g/mol. The molecule has 4 rings (SSSR count). The number of hydrogen-bond acceptors (Lipinski definition) is 3. The van der Waals surface area contributed by atoms with Gasteiger partial charge in [0.05, 0.1) is 0 Å². The fourth-order valence-electron chi connectivity index (χ4n) is 4.35. The molecule has 0 radical (unpaired) electrons. The van der Waals surface area contributed by atoms with Crippen molar-refractivity contribution in [2.45, 2.75) is 37.7 Å². The van der Waals surface area contributed by atoms with E-state index in [0.717, 1.165) is 30.7 Å². The van der Waals surface area contributed by atoms with Crippen LogP contribution in [0.1, 0.15) is 54.4 Å². The van der Waals surface area contributed by atoms with Crippen molar-refractivity contribution in [2.24, 2.45) is 5.92 Å². The summed E-state index contributed by atoms with van der Waals surface area (Å²) in [6.45, 7) is 0. The van der Waals surface area contributed by atoms with Crippen LogP contribution < -0.4 is 0 Å². The molecule has 0 aliphatic heterocycles. The lowest BCUT2D eigenvalue weighted by Crippen LogP contribution is -2.28. The lowest BCUT2D eigenvalue weighted by molar-refractivity contribution is -0.124. The third kappa shape index (κ3) is 2.95. The number of hydrogen-bond donors (Lipinski definition) is 2. The van der Waals surface area contributed by atoms with Gasteiger partial charge in [0.1, 0.15) is 11.9 Å². The van der Waals surface area contributed by atoms with Crippen molar-refractivity contribution < 1.29 is 15.0 Å². The Morgan fingerprint density at radius 3 is 2.19 bits per heavy atom. The largest absolute Gasteiger partial charge is 0.507 e. The minimum absolute atomic E-state index is 0.00550. The van der Waals surface area contributed by atoms with Crippen LogP contribution in [0.15, 0.2) is 54.1 Å². The summed E-state index contributed by atoms with van der Waals surface area (Å²) in [5.41, 5.74) is 2.75. The molecule has 2 aliphatic carbocycles. The van der Waals surface area contributed by atoms with Gasteiger partial charge >= 0.3 is 0 Å². The van der Waals surface area contributed by atoms with Crippen LogP contribution in [0.5, 0.6) is 0 Å². The van der Waals surface area contributed by atoms with Gasteiger partial charge in [-0.15, -0.1) is 0 Å². The monoisotopic (exact) mass is 368 g/mol. The number of rotatable bonds is 2. The number of benzene rings is 2. The van der Waals surface area contributed by atoms with Gasteiger partial charge < -0.3 is 10.2 Å². The molecule has 2 N–H and O–H groups in total. The second-order valence-corrected chi connectivity index (χ2v) is 7.65. The number of Topliss-reactive ketones (excluding diaryl/α,β-unsaturated/α-hetero) is 1. The first-order valence-corrected chi connectivity index (χ1v) is 9.44. The summed E-state index contributed by atoms with van der Waals surface area (Å²) in [7, 11) is 0. The van der Waals surface area contributed by atoms with E-state index in [1.807, 2.05) is 18.2 Å². The lowest BCUT2D eigenvalue weighted by Gasteiger charge is -2.33. The third-order valence-corrected chi connectivity index (χ3v) is 6.01. The van der Waals surface area contributed by atoms with Crippen LogP contribution >= 0.6 is 11.6 Å². The predicted molar refractivity (Wildman–Crippen MR) is 102 cm³/mol. The van der Waals surface area contributed by atoms with Crippen LogP contribution in [0.25, 0.3) is 5.76 Å². The Hall–Kier alpha value is -2.10. The fourth-order valence-corrected chi connectivity index (χ4v) is 4.47. The average Bonchev–Trinajstić information content (AvgIpc) is 2.68. The van der Waals surface area contributed by atoms with Gasteiger partial charge in [0.2, 0.25) is 0 Å². The zero-order valence-electron chi connectivity index (χ0n) is 14.4. The molecule has 1 unspecified atom stereocenters. The number of ketones is 1. The molecule has 4 heteroatoms. The number of fused-ring (bicyclic) bond motifs is 1. The molecule has 1 saturated carbocycles. The number of carbonyl (C=O) groups excluding carboxylic acids is 1. The van der Waals surface area contributed by atoms with Crippen molar-refractivity contribution >= 4 is 23.1 Å². The van der Waals surface area contributed by atoms with Crippen molar-refractivity contribution in [3.8, 4) is 0 Å². The molecule has 2 aliphatic rings. The zero-order chi connectivity index (χ0) is 18.3. The Labute approximate surface area is 157 Å².